The van der Waals surface area contributed by atoms with Gasteiger partial charge in [-0.2, -0.15) is 0 Å². The van der Waals surface area contributed by atoms with Crippen molar-refractivity contribution < 1.29 is 18.0 Å². The maximum atomic E-state index is 13.6. The van der Waals surface area contributed by atoms with Crippen molar-refractivity contribution in [1.29, 1.82) is 0 Å². The molecule has 0 spiro atoms. The lowest BCUT2D eigenvalue weighted by Gasteiger charge is -2.31. The first-order valence-electron chi connectivity index (χ1n) is 11.3. The van der Waals surface area contributed by atoms with E-state index < -0.39 is 28.5 Å². The van der Waals surface area contributed by atoms with E-state index in [1.165, 1.54) is 24.1 Å². The van der Waals surface area contributed by atoms with Gasteiger partial charge in [-0.1, -0.05) is 65.7 Å². The summed E-state index contributed by atoms with van der Waals surface area (Å²) in [7, 11) is -2.53. The third-order valence-electron chi connectivity index (χ3n) is 5.82. The number of carbonyl (C=O) groups excluding carboxylic acids is 2. The summed E-state index contributed by atoms with van der Waals surface area (Å²) in [6.07, 6.45) is 0. The van der Waals surface area contributed by atoms with E-state index in [-0.39, 0.29) is 17.3 Å². The monoisotopic (exact) mass is 493 g/mol. The van der Waals surface area contributed by atoms with E-state index in [9.17, 15) is 18.0 Å². The van der Waals surface area contributed by atoms with Gasteiger partial charge in [0.05, 0.1) is 10.6 Å². The molecule has 2 amide bonds. The highest BCUT2D eigenvalue weighted by Gasteiger charge is 2.32. The lowest BCUT2D eigenvalue weighted by Crippen LogP contribution is -2.50. The molecule has 1 N–H and O–H groups in total. The zero-order valence-corrected chi connectivity index (χ0v) is 21.2. The molecular formula is C27H31N3O4S. The number of nitrogens with one attached hydrogen (secondary N) is 1. The van der Waals surface area contributed by atoms with Gasteiger partial charge in [0, 0.05) is 13.6 Å². The minimum atomic E-state index is -4.04. The third kappa shape index (κ3) is 6.27. The number of amides is 2. The largest absolute Gasteiger partial charge is 0.357 e. The summed E-state index contributed by atoms with van der Waals surface area (Å²) < 4.78 is 28.3. The quantitative estimate of drug-likeness (QED) is 0.493. The predicted molar refractivity (Wildman–Crippen MR) is 137 cm³/mol. The van der Waals surface area contributed by atoms with Gasteiger partial charge in [0.2, 0.25) is 11.8 Å². The van der Waals surface area contributed by atoms with E-state index in [2.05, 4.69) is 5.32 Å². The molecule has 0 saturated carbocycles. The molecular weight excluding hydrogens is 462 g/mol. The molecule has 0 saturated heterocycles. The van der Waals surface area contributed by atoms with Gasteiger partial charge < -0.3 is 10.2 Å². The predicted octanol–water partition coefficient (Wildman–Crippen LogP) is 3.66. The Morgan fingerprint density at radius 1 is 0.857 bits per heavy atom. The Morgan fingerprint density at radius 2 is 1.40 bits per heavy atom. The highest BCUT2D eigenvalue weighted by Crippen LogP contribution is 2.25. The fourth-order valence-electron chi connectivity index (χ4n) is 3.64. The molecule has 3 rings (SSSR count). The molecule has 0 aliphatic heterocycles. The number of carbonyl (C=O) groups is 2. The van der Waals surface area contributed by atoms with Crippen molar-refractivity contribution in [2.45, 2.75) is 38.3 Å². The van der Waals surface area contributed by atoms with Crippen molar-refractivity contribution in [2.75, 3.05) is 17.9 Å². The van der Waals surface area contributed by atoms with Gasteiger partial charge in [-0.3, -0.25) is 13.9 Å². The molecule has 0 unspecified atom stereocenters. The highest BCUT2D eigenvalue weighted by atomic mass is 32.2. The average Bonchev–Trinajstić information content (AvgIpc) is 2.87. The van der Waals surface area contributed by atoms with Crippen LogP contribution >= 0.6 is 0 Å². The van der Waals surface area contributed by atoms with Gasteiger partial charge in [0.1, 0.15) is 12.6 Å². The van der Waals surface area contributed by atoms with Crippen LogP contribution in [0.1, 0.15) is 23.6 Å². The molecule has 1 atom stereocenters. The third-order valence-corrected chi connectivity index (χ3v) is 7.61. The minimum Gasteiger partial charge on any atom is -0.357 e. The molecule has 0 aromatic heterocycles. The van der Waals surface area contributed by atoms with E-state index in [0.717, 1.165) is 21.0 Å². The number of hydrogen-bond acceptors (Lipinski definition) is 4. The second-order valence-corrected chi connectivity index (χ2v) is 10.3. The molecule has 8 heteroatoms. The summed E-state index contributed by atoms with van der Waals surface area (Å²) in [5.41, 5.74) is 3.25. The normalized spacial score (nSPS) is 12.0. The van der Waals surface area contributed by atoms with Crippen molar-refractivity contribution >= 4 is 27.5 Å². The molecule has 0 radical (unpaired) electrons. The van der Waals surface area contributed by atoms with Crippen LogP contribution in [0.3, 0.4) is 0 Å². The molecule has 0 bridgehead atoms. The fraction of sp³-hybridized carbons (Fsp3) is 0.259. The Bertz CT molecular complexity index is 1260. The van der Waals surface area contributed by atoms with Gasteiger partial charge in [-0.05, 0) is 50.6 Å². The second-order valence-electron chi connectivity index (χ2n) is 8.46. The highest BCUT2D eigenvalue weighted by molar-refractivity contribution is 7.92. The Balaban J connectivity index is 2.00. The Morgan fingerprint density at radius 3 is 1.94 bits per heavy atom. The molecule has 0 aliphatic rings. The summed E-state index contributed by atoms with van der Waals surface area (Å²) in [6.45, 7) is 5.22. The number of anilines is 1. The maximum absolute atomic E-state index is 13.6. The van der Waals surface area contributed by atoms with Crippen molar-refractivity contribution in [1.82, 2.24) is 10.2 Å². The van der Waals surface area contributed by atoms with Crippen LogP contribution in [0.4, 0.5) is 5.69 Å². The number of nitrogens with zero attached hydrogens (tertiary/aromatic N) is 2. The second kappa shape index (κ2) is 11.2. The van der Waals surface area contributed by atoms with Crippen LogP contribution in [0.15, 0.2) is 83.8 Å². The topological polar surface area (TPSA) is 86.8 Å². The SMILES string of the molecule is CNC(=O)[C@@H](C)N(Cc1ccc(C)cc1)C(=O)CN(c1ccc(C)cc1)S(=O)(=O)c1ccccc1. The van der Waals surface area contributed by atoms with E-state index >= 15 is 0 Å². The van der Waals surface area contributed by atoms with E-state index in [1.807, 2.05) is 38.1 Å². The maximum Gasteiger partial charge on any atom is 0.264 e. The minimum absolute atomic E-state index is 0.0813. The van der Waals surface area contributed by atoms with Gasteiger partial charge in [-0.25, -0.2) is 8.42 Å². The molecule has 7 nitrogen and oxygen atoms in total. The number of hydrogen-bond donors (Lipinski definition) is 1. The number of aryl methyl sites for hydroxylation is 2. The molecule has 0 fully saturated rings. The molecule has 3 aromatic rings. The summed E-state index contributed by atoms with van der Waals surface area (Å²) in [5.74, 6) is -0.819. The van der Waals surface area contributed by atoms with Crippen LogP contribution in [0.2, 0.25) is 0 Å². The van der Waals surface area contributed by atoms with E-state index in [4.69, 9.17) is 0 Å². The van der Waals surface area contributed by atoms with Gasteiger partial charge in [0.15, 0.2) is 0 Å². The molecule has 3 aromatic carbocycles. The van der Waals surface area contributed by atoms with Crippen molar-refractivity contribution in [3.8, 4) is 0 Å². The summed E-state index contributed by atoms with van der Waals surface area (Å²) in [4.78, 5) is 27.6. The van der Waals surface area contributed by atoms with Crippen molar-refractivity contribution in [2.24, 2.45) is 0 Å². The lowest BCUT2D eigenvalue weighted by atomic mass is 10.1. The lowest BCUT2D eigenvalue weighted by molar-refractivity contribution is -0.139. The average molecular weight is 494 g/mol. The number of benzene rings is 3. The summed E-state index contributed by atoms with van der Waals surface area (Å²) in [6, 6.07) is 21.8. The van der Waals surface area contributed by atoms with E-state index in [0.29, 0.717) is 5.69 Å². The number of rotatable bonds is 9. The Hall–Kier alpha value is -3.65. The smallest absolute Gasteiger partial charge is 0.264 e. The molecule has 0 aliphatic carbocycles. The van der Waals surface area contributed by atoms with Gasteiger partial charge in [0.25, 0.3) is 10.0 Å². The van der Waals surface area contributed by atoms with E-state index in [1.54, 1.807) is 49.4 Å². The van der Waals surface area contributed by atoms with Crippen molar-refractivity contribution in [3.63, 3.8) is 0 Å². The Kier molecular flexibility index (Phi) is 8.30. The van der Waals surface area contributed by atoms with Crippen LogP contribution in [-0.2, 0) is 26.2 Å². The van der Waals surface area contributed by atoms with Crippen LogP contribution < -0.4 is 9.62 Å². The van der Waals surface area contributed by atoms with Crippen LogP contribution in [0, 0.1) is 13.8 Å². The summed E-state index contributed by atoms with van der Waals surface area (Å²) in [5, 5.41) is 2.58. The summed E-state index contributed by atoms with van der Waals surface area (Å²) >= 11 is 0. The van der Waals surface area contributed by atoms with Crippen LogP contribution in [0.25, 0.3) is 0 Å². The standard InChI is InChI=1S/C27H31N3O4S/c1-20-10-14-23(15-11-20)18-29(22(3)27(32)28-4)26(31)19-30(24-16-12-21(2)13-17-24)35(33,34)25-8-6-5-7-9-25/h5-17,22H,18-19H2,1-4H3,(H,28,32)/t22-/m1/s1. The first-order chi connectivity index (χ1) is 16.6. The first-order valence-corrected chi connectivity index (χ1v) is 12.8. The fourth-order valence-corrected chi connectivity index (χ4v) is 5.08. The van der Waals surface area contributed by atoms with Gasteiger partial charge >= 0.3 is 0 Å². The van der Waals surface area contributed by atoms with Crippen LogP contribution in [-0.4, -0.2) is 44.8 Å². The number of likely N-dealkylation sites (N-methyl/N-ethyl adjacent to an activating group) is 1. The molecule has 0 heterocycles. The molecule has 35 heavy (non-hydrogen) atoms. The van der Waals surface area contributed by atoms with Gasteiger partial charge in [-0.15, -0.1) is 0 Å². The number of sulfonamides is 1. The van der Waals surface area contributed by atoms with Crippen LogP contribution in [0.5, 0.6) is 0 Å². The molecule has 184 valence electrons. The van der Waals surface area contributed by atoms with Crippen molar-refractivity contribution in [3.05, 3.63) is 95.6 Å². The Labute approximate surface area is 207 Å². The first kappa shape index (κ1) is 26.0. The zero-order valence-electron chi connectivity index (χ0n) is 20.4. The zero-order chi connectivity index (χ0) is 25.6.